The van der Waals surface area contributed by atoms with Gasteiger partial charge in [-0.05, 0) is 36.6 Å². The van der Waals surface area contributed by atoms with E-state index in [4.69, 9.17) is 4.74 Å². The van der Waals surface area contributed by atoms with Crippen molar-refractivity contribution in [2.75, 3.05) is 32.8 Å². The van der Waals surface area contributed by atoms with Gasteiger partial charge in [0.25, 0.3) is 5.91 Å². The minimum Gasteiger partial charge on any atom is -0.493 e. The maximum Gasteiger partial charge on any atom is 0.283 e. The van der Waals surface area contributed by atoms with E-state index in [0.29, 0.717) is 6.04 Å². The molecule has 5 heteroatoms. The normalized spacial score (nSPS) is 24.4. The molecular formula is C24H31N3O2+2. The number of rotatable bonds is 6. The molecule has 5 nitrogen and oxygen atoms in total. The van der Waals surface area contributed by atoms with Crippen molar-refractivity contribution >= 4 is 5.91 Å². The number of piperazine rings is 1. The second-order valence-corrected chi connectivity index (χ2v) is 8.75. The Balaban J connectivity index is 1.23. The molecule has 152 valence electrons. The first-order valence-electron chi connectivity index (χ1n) is 11.0. The Hall–Kier alpha value is -2.37. The fourth-order valence-corrected chi connectivity index (χ4v) is 4.76. The van der Waals surface area contributed by atoms with Crippen LogP contribution in [0.3, 0.4) is 0 Å². The number of carbonyl (C=O) groups is 1. The van der Waals surface area contributed by atoms with Gasteiger partial charge in [-0.2, -0.15) is 0 Å². The zero-order chi connectivity index (χ0) is 19.6. The van der Waals surface area contributed by atoms with Gasteiger partial charge < -0.3 is 19.9 Å². The molecule has 0 spiro atoms. The quantitative estimate of drug-likeness (QED) is 0.643. The summed E-state index contributed by atoms with van der Waals surface area (Å²) >= 11 is 0. The SMILES string of the molecule is O=C(NC1CC1)[C@@H](c1ccccc1)[NH+]1CC[NH+](Cc2ccc3c(c2)CCO3)CC1. The fraction of sp³-hybridized carbons (Fsp3) is 0.458. The van der Waals surface area contributed by atoms with Crippen molar-refractivity contribution in [2.45, 2.75) is 37.9 Å². The average Bonchev–Trinajstić information content (AvgIpc) is 3.43. The van der Waals surface area contributed by atoms with E-state index in [2.05, 4.69) is 35.6 Å². The smallest absolute Gasteiger partial charge is 0.283 e. The molecule has 0 aromatic heterocycles. The Morgan fingerprint density at radius 1 is 1.07 bits per heavy atom. The summed E-state index contributed by atoms with van der Waals surface area (Å²) in [5.41, 5.74) is 3.90. The first kappa shape index (κ1) is 18.6. The van der Waals surface area contributed by atoms with Gasteiger partial charge in [0.2, 0.25) is 0 Å². The maximum absolute atomic E-state index is 13.0. The summed E-state index contributed by atoms with van der Waals surface area (Å²) in [5, 5.41) is 3.25. The molecule has 1 amide bonds. The van der Waals surface area contributed by atoms with E-state index >= 15 is 0 Å². The molecule has 2 heterocycles. The monoisotopic (exact) mass is 393 g/mol. The third-order valence-corrected chi connectivity index (χ3v) is 6.53. The van der Waals surface area contributed by atoms with Crippen LogP contribution in [0.1, 0.15) is 35.6 Å². The van der Waals surface area contributed by atoms with Crippen LogP contribution < -0.4 is 19.9 Å². The zero-order valence-corrected chi connectivity index (χ0v) is 17.0. The third-order valence-electron chi connectivity index (χ3n) is 6.53. The Kier molecular flexibility index (Phi) is 5.25. The van der Waals surface area contributed by atoms with Crippen molar-refractivity contribution < 1.29 is 19.3 Å². The van der Waals surface area contributed by atoms with Crippen LogP contribution in [0.25, 0.3) is 0 Å². The standard InChI is InChI=1S/C24H29N3O2/c28-24(25-21-7-8-21)23(19-4-2-1-3-5-19)27-13-11-26(12-14-27)17-18-6-9-22-20(16-18)10-15-29-22/h1-6,9,16,21,23H,7-8,10-15,17H2,(H,25,28)/p+2/t23-/m1/s1. The zero-order valence-electron chi connectivity index (χ0n) is 17.0. The lowest BCUT2D eigenvalue weighted by molar-refractivity contribution is -1.03. The van der Waals surface area contributed by atoms with Gasteiger partial charge in [-0.3, -0.25) is 4.79 Å². The van der Waals surface area contributed by atoms with E-state index in [1.54, 1.807) is 4.90 Å². The molecule has 1 aliphatic carbocycles. The Labute approximate surface area is 172 Å². The van der Waals surface area contributed by atoms with Crippen molar-refractivity contribution in [2.24, 2.45) is 0 Å². The second-order valence-electron chi connectivity index (χ2n) is 8.75. The van der Waals surface area contributed by atoms with Gasteiger partial charge in [-0.1, -0.05) is 30.3 Å². The van der Waals surface area contributed by atoms with Gasteiger partial charge in [0.05, 0.1) is 6.61 Å². The van der Waals surface area contributed by atoms with Crippen LogP contribution in [0.15, 0.2) is 48.5 Å². The minimum absolute atomic E-state index is 0.0875. The molecule has 5 rings (SSSR count). The topological polar surface area (TPSA) is 47.2 Å². The maximum atomic E-state index is 13.0. The molecule has 29 heavy (non-hydrogen) atoms. The molecule has 0 bridgehead atoms. The van der Waals surface area contributed by atoms with E-state index in [-0.39, 0.29) is 11.9 Å². The summed E-state index contributed by atoms with van der Waals surface area (Å²) in [7, 11) is 0. The number of hydrogen-bond acceptors (Lipinski definition) is 2. The predicted octanol–water partition coefficient (Wildman–Crippen LogP) is -0.0752. The molecule has 1 saturated carbocycles. The van der Waals surface area contributed by atoms with E-state index in [9.17, 15) is 4.79 Å². The molecule has 2 aromatic rings. The molecule has 2 aliphatic heterocycles. The molecule has 0 radical (unpaired) electrons. The highest BCUT2D eigenvalue weighted by atomic mass is 16.5. The number of benzene rings is 2. The lowest BCUT2D eigenvalue weighted by Gasteiger charge is -2.34. The van der Waals surface area contributed by atoms with E-state index in [1.807, 2.05) is 18.2 Å². The minimum atomic E-state index is -0.0875. The van der Waals surface area contributed by atoms with Gasteiger partial charge in [0.1, 0.15) is 38.5 Å². The number of ether oxygens (including phenoxy) is 1. The summed E-state index contributed by atoms with van der Waals surface area (Å²) in [4.78, 5) is 16.0. The van der Waals surface area contributed by atoms with Crippen LogP contribution >= 0.6 is 0 Å². The van der Waals surface area contributed by atoms with Crippen molar-refractivity contribution in [1.29, 1.82) is 0 Å². The largest absolute Gasteiger partial charge is 0.493 e. The molecule has 1 atom stereocenters. The predicted molar refractivity (Wildman–Crippen MR) is 111 cm³/mol. The summed E-state index contributed by atoms with van der Waals surface area (Å²) in [6.45, 7) is 6.14. The van der Waals surface area contributed by atoms with Gasteiger partial charge >= 0.3 is 0 Å². The number of quaternary nitrogens is 2. The van der Waals surface area contributed by atoms with Crippen LogP contribution in [0.5, 0.6) is 5.75 Å². The lowest BCUT2D eigenvalue weighted by atomic mass is 10.0. The van der Waals surface area contributed by atoms with Crippen LogP contribution in [-0.2, 0) is 17.8 Å². The second kappa shape index (κ2) is 8.17. The highest BCUT2D eigenvalue weighted by Gasteiger charge is 2.37. The van der Waals surface area contributed by atoms with Crippen molar-refractivity contribution in [1.82, 2.24) is 5.32 Å². The first-order valence-corrected chi connectivity index (χ1v) is 11.0. The van der Waals surface area contributed by atoms with Crippen LogP contribution in [0, 0.1) is 0 Å². The van der Waals surface area contributed by atoms with Crippen molar-refractivity contribution in [3.63, 3.8) is 0 Å². The van der Waals surface area contributed by atoms with Crippen LogP contribution in [0.4, 0.5) is 0 Å². The van der Waals surface area contributed by atoms with E-state index in [1.165, 1.54) is 16.0 Å². The number of fused-ring (bicyclic) bond motifs is 1. The average molecular weight is 394 g/mol. The Bertz CT molecular complexity index is 858. The third kappa shape index (κ3) is 4.31. The van der Waals surface area contributed by atoms with E-state index in [0.717, 1.165) is 69.9 Å². The van der Waals surface area contributed by atoms with E-state index < -0.39 is 0 Å². The van der Waals surface area contributed by atoms with Crippen molar-refractivity contribution in [3.8, 4) is 5.75 Å². The Morgan fingerprint density at radius 2 is 1.86 bits per heavy atom. The summed E-state index contributed by atoms with van der Waals surface area (Å²) in [5.74, 6) is 1.26. The number of amides is 1. The van der Waals surface area contributed by atoms with Gasteiger partial charge in [0.15, 0.2) is 6.04 Å². The molecule has 3 N–H and O–H groups in total. The summed E-state index contributed by atoms with van der Waals surface area (Å²) < 4.78 is 5.63. The van der Waals surface area contributed by atoms with Crippen LogP contribution in [0.2, 0.25) is 0 Å². The number of carbonyl (C=O) groups excluding carboxylic acids is 1. The van der Waals surface area contributed by atoms with Crippen molar-refractivity contribution in [3.05, 3.63) is 65.2 Å². The van der Waals surface area contributed by atoms with Gasteiger partial charge in [-0.25, -0.2) is 0 Å². The Morgan fingerprint density at radius 3 is 2.62 bits per heavy atom. The highest BCUT2D eigenvalue weighted by Crippen LogP contribution is 2.25. The summed E-state index contributed by atoms with van der Waals surface area (Å²) in [6, 6.07) is 17.3. The highest BCUT2D eigenvalue weighted by molar-refractivity contribution is 5.82. The van der Waals surface area contributed by atoms with Gasteiger partial charge in [0, 0.05) is 23.6 Å². The molecular weight excluding hydrogens is 362 g/mol. The number of nitrogens with one attached hydrogen (secondary N) is 3. The fourth-order valence-electron chi connectivity index (χ4n) is 4.76. The first-order chi connectivity index (χ1) is 14.3. The lowest BCUT2D eigenvalue weighted by Crippen LogP contribution is -3.28. The number of hydrogen-bond donors (Lipinski definition) is 3. The summed E-state index contributed by atoms with van der Waals surface area (Å²) in [6.07, 6.45) is 3.30. The molecule has 2 fully saturated rings. The van der Waals surface area contributed by atoms with Gasteiger partial charge in [-0.15, -0.1) is 0 Å². The molecule has 2 aromatic carbocycles. The molecule has 0 unspecified atom stereocenters. The van der Waals surface area contributed by atoms with Crippen LogP contribution in [-0.4, -0.2) is 44.7 Å². The molecule has 3 aliphatic rings. The molecule has 1 saturated heterocycles.